The number of nitrogens with zero attached hydrogens (tertiary/aromatic N) is 1. The molecule has 114 valence electrons. The highest BCUT2D eigenvalue weighted by Crippen LogP contribution is 2.19. The van der Waals surface area contributed by atoms with Crippen LogP contribution in [0.25, 0.3) is 11.0 Å². The van der Waals surface area contributed by atoms with E-state index >= 15 is 0 Å². The summed E-state index contributed by atoms with van der Waals surface area (Å²) in [6.07, 6.45) is 0. The second-order valence-electron chi connectivity index (χ2n) is 5.08. The van der Waals surface area contributed by atoms with E-state index in [1.54, 1.807) is 20.1 Å². The molecule has 6 heteroatoms. The lowest BCUT2D eigenvalue weighted by molar-refractivity contribution is 0.0948. The van der Waals surface area contributed by atoms with Crippen molar-refractivity contribution in [3.63, 3.8) is 0 Å². The standard InChI is InChI=1S/C16H17N3O3/c1-9-6-12(10(2)22-9)16(20)17-8-15-18-13-5-4-11(21-3)7-14(13)19-15/h4-7H,8H2,1-3H3,(H,17,20)(H,18,19). The van der Waals surface area contributed by atoms with E-state index in [2.05, 4.69) is 15.3 Å². The molecular weight excluding hydrogens is 282 g/mol. The van der Waals surface area contributed by atoms with Gasteiger partial charge in [0.1, 0.15) is 23.1 Å². The third kappa shape index (κ3) is 2.67. The molecule has 0 saturated heterocycles. The van der Waals surface area contributed by atoms with Crippen LogP contribution in [0.5, 0.6) is 5.75 Å². The molecule has 0 atom stereocenters. The number of aromatic amines is 1. The molecule has 0 fully saturated rings. The first-order valence-corrected chi connectivity index (χ1v) is 6.94. The van der Waals surface area contributed by atoms with Crippen LogP contribution in [0.3, 0.4) is 0 Å². The molecule has 0 unspecified atom stereocenters. The Bertz CT molecular complexity index is 832. The van der Waals surface area contributed by atoms with Crippen LogP contribution in [0, 0.1) is 13.8 Å². The number of benzene rings is 1. The molecule has 2 N–H and O–H groups in total. The van der Waals surface area contributed by atoms with Gasteiger partial charge in [-0.25, -0.2) is 4.98 Å². The monoisotopic (exact) mass is 299 g/mol. The Morgan fingerprint density at radius 2 is 2.18 bits per heavy atom. The average Bonchev–Trinajstić information content (AvgIpc) is 3.06. The first kappa shape index (κ1) is 14.2. The molecule has 3 aromatic rings. The van der Waals surface area contributed by atoms with Crippen LogP contribution in [0.15, 0.2) is 28.7 Å². The second-order valence-corrected chi connectivity index (χ2v) is 5.08. The average molecular weight is 299 g/mol. The summed E-state index contributed by atoms with van der Waals surface area (Å²) in [6, 6.07) is 7.33. The number of furan rings is 1. The first-order chi connectivity index (χ1) is 10.6. The number of fused-ring (bicyclic) bond motifs is 1. The highest BCUT2D eigenvalue weighted by Gasteiger charge is 2.13. The fourth-order valence-electron chi connectivity index (χ4n) is 2.37. The molecule has 0 aliphatic rings. The van der Waals surface area contributed by atoms with Gasteiger partial charge < -0.3 is 19.5 Å². The van der Waals surface area contributed by atoms with Crippen molar-refractivity contribution >= 4 is 16.9 Å². The molecule has 6 nitrogen and oxygen atoms in total. The Hall–Kier alpha value is -2.76. The number of hydrogen-bond donors (Lipinski definition) is 2. The number of hydrogen-bond acceptors (Lipinski definition) is 4. The Kier molecular flexibility index (Phi) is 3.58. The number of aryl methyl sites for hydroxylation is 2. The lowest BCUT2D eigenvalue weighted by atomic mass is 10.2. The van der Waals surface area contributed by atoms with E-state index in [-0.39, 0.29) is 5.91 Å². The van der Waals surface area contributed by atoms with Crippen LogP contribution in [0.4, 0.5) is 0 Å². The number of ether oxygens (including phenoxy) is 1. The SMILES string of the molecule is COc1ccc2nc(CNC(=O)c3cc(C)oc3C)[nH]c2c1. The lowest BCUT2D eigenvalue weighted by Crippen LogP contribution is -2.23. The summed E-state index contributed by atoms with van der Waals surface area (Å²) >= 11 is 0. The van der Waals surface area contributed by atoms with Gasteiger partial charge in [-0.3, -0.25) is 4.79 Å². The second kappa shape index (κ2) is 5.55. The van der Waals surface area contributed by atoms with Gasteiger partial charge in [-0.2, -0.15) is 0 Å². The maximum absolute atomic E-state index is 12.1. The summed E-state index contributed by atoms with van der Waals surface area (Å²) in [4.78, 5) is 19.7. The lowest BCUT2D eigenvalue weighted by Gasteiger charge is -2.01. The van der Waals surface area contributed by atoms with E-state index in [1.165, 1.54) is 0 Å². The van der Waals surface area contributed by atoms with Crippen molar-refractivity contribution in [2.45, 2.75) is 20.4 Å². The molecule has 1 aromatic carbocycles. The number of rotatable bonds is 4. The molecule has 0 bridgehead atoms. The Morgan fingerprint density at radius 3 is 2.86 bits per heavy atom. The minimum atomic E-state index is -0.174. The summed E-state index contributed by atoms with van der Waals surface area (Å²) in [7, 11) is 1.62. The molecule has 3 rings (SSSR count). The zero-order chi connectivity index (χ0) is 15.7. The summed E-state index contributed by atoms with van der Waals surface area (Å²) in [5, 5.41) is 2.84. The third-order valence-electron chi connectivity index (χ3n) is 3.44. The van der Waals surface area contributed by atoms with Crippen molar-refractivity contribution in [3.05, 3.63) is 47.2 Å². The number of aromatic nitrogens is 2. The Labute approximate surface area is 127 Å². The van der Waals surface area contributed by atoms with Crippen molar-refractivity contribution < 1.29 is 13.9 Å². The van der Waals surface area contributed by atoms with E-state index < -0.39 is 0 Å². The molecule has 22 heavy (non-hydrogen) atoms. The van der Waals surface area contributed by atoms with Crippen LogP contribution in [0.1, 0.15) is 27.7 Å². The molecule has 2 aromatic heterocycles. The van der Waals surface area contributed by atoms with E-state index in [4.69, 9.17) is 9.15 Å². The van der Waals surface area contributed by atoms with Gasteiger partial charge in [0.25, 0.3) is 5.91 Å². The molecule has 0 saturated carbocycles. The normalized spacial score (nSPS) is 10.9. The fraction of sp³-hybridized carbons (Fsp3) is 0.250. The highest BCUT2D eigenvalue weighted by atomic mass is 16.5. The van der Waals surface area contributed by atoms with Gasteiger partial charge in [0.2, 0.25) is 0 Å². The summed E-state index contributed by atoms with van der Waals surface area (Å²) < 4.78 is 10.5. The van der Waals surface area contributed by atoms with Crippen molar-refractivity contribution in [3.8, 4) is 5.75 Å². The van der Waals surface area contributed by atoms with Crippen LogP contribution in [-0.2, 0) is 6.54 Å². The summed E-state index contributed by atoms with van der Waals surface area (Å²) in [6.45, 7) is 3.91. The molecular formula is C16H17N3O3. The number of imidazole rings is 1. The van der Waals surface area contributed by atoms with Crippen LogP contribution in [-0.4, -0.2) is 23.0 Å². The molecule has 0 aliphatic carbocycles. The topological polar surface area (TPSA) is 80.2 Å². The van der Waals surface area contributed by atoms with Gasteiger partial charge in [-0.05, 0) is 32.0 Å². The van der Waals surface area contributed by atoms with Gasteiger partial charge in [0, 0.05) is 6.07 Å². The fourth-order valence-corrected chi connectivity index (χ4v) is 2.37. The van der Waals surface area contributed by atoms with E-state index in [9.17, 15) is 4.79 Å². The molecule has 0 radical (unpaired) electrons. The van der Waals surface area contributed by atoms with Gasteiger partial charge >= 0.3 is 0 Å². The quantitative estimate of drug-likeness (QED) is 0.776. The number of amides is 1. The largest absolute Gasteiger partial charge is 0.497 e. The number of nitrogens with one attached hydrogen (secondary N) is 2. The van der Waals surface area contributed by atoms with Crippen LogP contribution in [0.2, 0.25) is 0 Å². The van der Waals surface area contributed by atoms with Gasteiger partial charge in [0.15, 0.2) is 0 Å². The Balaban J connectivity index is 1.73. The minimum Gasteiger partial charge on any atom is -0.497 e. The van der Waals surface area contributed by atoms with Crippen LogP contribution < -0.4 is 10.1 Å². The maximum atomic E-state index is 12.1. The first-order valence-electron chi connectivity index (χ1n) is 6.94. The van der Waals surface area contributed by atoms with E-state index in [0.717, 1.165) is 22.5 Å². The zero-order valence-electron chi connectivity index (χ0n) is 12.7. The number of methoxy groups -OCH3 is 1. The minimum absolute atomic E-state index is 0.174. The van der Waals surface area contributed by atoms with Gasteiger partial charge in [0.05, 0.1) is 30.3 Å². The van der Waals surface area contributed by atoms with Crippen molar-refractivity contribution in [2.24, 2.45) is 0 Å². The van der Waals surface area contributed by atoms with Crippen molar-refractivity contribution in [1.29, 1.82) is 0 Å². The Morgan fingerprint density at radius 1 is 1.36 bits per heavy atom. The number of carbonyl (C=O) groups is 1. The molecule has 0 spiro atoms. The van der Waals surface area contributed by atoms with Crippen LogP contribution >= 0.6 is 0 Å². The smallest absolute Gasteiger partial charge is 0.255 e. The van der Waals surface area contributed by atoms with Gasteiger partial charge in [-0.1, -0.05) is 0 Å². The van der Waals surface area contributed by atoms with Crippen molar-refractivity contribution in [2.75, 3.05) is 7.11 Å². The molecule has 2 heterocycles. The number of H-pyrrole nitrogens is 1. The van der Waals surface area contributed by atoms with E-state index in [1.807, 2.05) is 25.1 Å². The maximum Gasteiger partial charge on any atom is 0.255 e. The number of carbonyl (C=O) groups excluding carboxylic acids is 1. The molecule has 1 amide bonds. The third-order valence-corrected chi connectivity index (χ3v) is 3.44. The zero-order valence-corrected chi connectivity index (χ0v) is 12.7. The molecule has 0 aliphatic heterocycles. The van der Waals surface area contributed by atoms with Crippen molar-refractivity contribution in [1.82, 2.24) is 15.3 Å². The van der Waals surface area contributed by atoms with E-state index in [0.29, 0.717) is 23.7 Å². The predicted octanol–water partition coefficient (Wildman–Crippen LogP) is 2.71. The summed E-state index contributed by atoms with van der Waals surface area (Å²) in [5.74, 6) is 2.61. The predicted molar refractivity (Wildman–Crippen MR) is 82.0 cm³/mol. The highest BCUT2D eigenvalue weighted by molar-refractivity contribution is 5.95. The summed E-state index contributed by atoms with van der Waals surface area (Å²) in [5.41, 5.74) is 2.26. The van der Waals surface area contributed by atoms with Gasteiger partial charge in [-0.15, -0.1) is 0 Å².